The van der Waals surface area contributed by atoms with Crippen molar-refractivity contribution >= 4 is 23.2 Å². The Labute approximate surface area is 164 Å². The number of morpholine rings is 1. The molecule has 146 valence electrons. The Morgan fingerprint density at radius 1 is 1.11 bits per heavy atom. The molecule has 1 amide bonds. The lowest BCUT2D eigenvalue weighted by atomic mass is 10.0. The first kappa shape index (κ1) is 18.5. The van der Waals surface area contributed by atoms with E-state index in [2.05, 4.69) is 22.3 Å². The van der Waals surface area contributed by atoms with Crippen molar-refractivity contribution in [1.82, 2.24) is 4.90 Å². The Bertz CT molecular complexity index is 917. The maximum atomic E-state index is 12.6. The highest BCUT2D eigenvalue weighted by Gasteiger charge is 2.25. The van der Waals surface area contributed by atoms with Crippen LogP contribution in [0.25, 0.3) is 11.6 Å². The van der Waals surface area contributed by atoms with Crippen LogP contribution < -0.4 is 14.8 Å². The molecular formula is C22H24N2O4. The summed E-state index contributed by atoms with van der Waals surface area (Å²) in [6.07, 6.45) is 1.85. The molecule has 0 unspecified atom stereocenters. The lowest BCUT2D eigenvalue weighted by molar-refractivity contribution is -0.110. The lowest BCUT2D eigenvalue weighted by Crippen LogP contribution is -2.35. The highest BCUT2D eigenvalue weighted by atomic mass is 16.5. The van der Waals surface area contributed by atoms with Crippen LogP contribution >= 0.6 is 0 Å². The van der Waals surface area contributed by atoms with E-state index in [1.54, 1.807) is 14.2 Å². The van der Waals surface area contributed by atoms with Gasteiger partial charge in [-0.1, -0.05) is 12.1 Å². The van der Waals surface area contributed by atoms with Crippen LogP contribution in [0.15, 0.2) is 36.4 Å². The predicted octanol–water partition coefficient (Wildman–Crippen LogP) is 3.03. The lowest BCUT2D eigenvalue weighted by Gasteiger charge is -2.26. The van der Waals surface area contributed by atoms with Gasteiger partial charge in [-0.05, 0) is 35.9 Å². The minimum absolute atomic E-state index is 0.108. The van der Waals surface area contributed by atoms with Gasteiger partial charge in [0.25, 0.3) is 5.91 Å². The van der Waals surface area contributed by atoms with Crippen LogP contribution in [0.1, 0.15) is 16.7 Å². The Hall–Kier alpha value is -2.83. The molecule has 2 aromatic rings. The van der Waals surface area contributed by atoms with Gasteiger partial charge in [-0.3, -0.25) is 9.69 Å². The molecule has 0 spiro atoms. The fourth-order valence-electron chi connectivity index (χ4n) is 3.61. The summed E-state index contributed by atoms with van der Waals surface area (Å²) in [6, 6.07) is 11.7. The van der Waals surface area contributed by atoms with Crippen molar-refractivity contribution in [3.63, 3.8) is 0 Å². The monoisotopic (exact) mass is 380 g/mol. The summed E-state index contributed by atoms with van der Waals surface area (Å²) in [7, 11) is 3.23. The highest BCUT2D eigenvalue weighted by molar-refractivity contribution is 6.35. The van der Waals surface area contributed by atoms with Crippen molar-refractivity contribution in [3.8, 4) is 11.5 Å². The largest absolute Gasteiger partial charge is 0.497 e. The van der Waals surface area contributed by atoms with Crippen molar-refractivity contribution < 1.29 is 19.0 Å². The van der Waals surface area contributed by atoms with Crippen molar-refractivity contribution in [2.45, 2.75) is 6.54 Å². The first-order chi connectivity index (χ1) is 13.7. The summed E-state index contributed by atoms with van der Waals surface area (Å²) in [5.74, 6) is 1.30. The number of methoxy groups -OCH3 is 2. The summed E-state index contributed by atoms with van der Waals surface area (Å²) in [5, 5.41) is 2.99. The van der Waals surface area contributed by atoms with E-state index in [0.29, 0.717) is 17.1 Å². The fraction of sp³-hybridized carbons (Fsp3) is 0.318. The molecule has 0 saturated carbocycles. The normalized spacial score (nSPS) is 18.1. The zero-order valence-corrected chi connectivity index (χ0v) is 16.2. The number of nitrogens with one attached hydrogen (secondary N) is 1. The molecule has 4 rings (SSSR count). The van der Waals surface area contributed by atoms with E-state index in [9.17, 15) is 4.79 Å². The van der Waals surface area contributed by atoms with Gasteiger partial charge in [0.15, 0.2) is 0 Å². The van der Waals surface area contributed by atoms with Crippen molar-refractivity contribution in [2.75, 3.05) is 45.8 Å². The predicted molar refractivity (Wildman–Crippen MR) is 109 cm³/mol. The second-order valence-corrected chi connectivity index (χ2v) is 6.89. The van der Waals surface area contributed by atoms with Crippen molar-refractivity contribution in [1.29, 1.82) is 0 Å². The fourth-order valence-corrected chi connectivity index (χ4v) is 3.61. The van der Waals surface area contributed by atoms with E-state index in [4.69, 9.17) is 14.2 Å². The minimum atomic E-state index is -0.108. The van der Waals surface area contributed by atoms with E-state index >= 15 is 0 Å². The molecule has 2 aliphatic heterocycles. The molecular weight excluding hydrogens is 356 g/mol. The number of nitrogens with zero attached hydrogens (tertiary/aromatic N) is 1. The number of carbonyl (C=O) groups is 1. The quantitative estimate of drug-likeness (QED) is 0.808. The van der Waals surface area contributed by atoms with E-state index in [-0.39, 0.29) is 5.91 Å². The number of hydrogen-bond donors (Lipinski definition) is 1. The molecule has 2 aromatic carbocycles. The van der Waals surface area contributed by atoms with Crippen LogP contribution in [0, 0.1) is 0 Å². The van der Waals surface area contributed by atoms with Crippen LogP contribution in [0.2, 0.25) is 0 Å². The van der Waals surface area contributed by atoms with Gasteiger partial charge in [0.05, 0.1) is 27.4 Å². The van der Waals surface area contributed by atoms with Crippen LogP contribution in [0.3, 0.4) is 0 Å². The summed E-state index contributed by atoms with van der Waals surface area (Å²) >= 11 is 0. The Balaban J connectivity index is 1.63. The van der Waals surface area contributed by atoms with Crippen LogP contribution in [-0.2, 0) is 16.1 Å². The average molecular weight is 380 g/mol. The van der Waals surface area contributed by atoms with E-state index in [0.717, 1.165) is 49.7 Å². The summed E-state index contributed by atoms with van der Waals surface area (Å²) < 4.78 is 16.1. The van der Waals surface area contributed by atoms with Gasteiger partial charge in [0.1, 0.15) is 11.5 Å². The third kappa shape index (κ3) is 3.74. The first-order valence-electron chi connectivity index (χ1n) is 9.36. The van der Waals surface area contributed by atoms with Gasteiger partial charge < -0.3 is 19.5 Å². The van der Waals surface area contributed by atoms with Crippen LogP contribution in [0.4, 0.5) is 5.69 Å². The number of ether oxygens (including phenoxy) is 3. The number of benzene rings is 2. The molecule has 2 aliphatic rings. The van der Waals surface area contributed by atoms with Gasteiger partial charge in [-0.25, -0.2) is 0 Å². The second-order valence-electron chi connectivity index (χ2n) is 6.89. The third-order valence-corrected chi connectivity index (χ3v) is 5.11. The zero-order valence-electron chi connectivity index (χ0n) is 16.2. The molecule has 0 aliphatic carbocycles. The van der Waals surface area contributed by atoms with E-state index in [1.807, 2.05) is 30.3 Å². The molecule has 0 atom stereocenters. The average Bonchev–Trinajstić information content (AvgIpc) is 3.03. The van der Waals surface area contributed by atoms with E-state index in [1.165, 1.54) is 5.56 Å². The number of amides is 1. The van der Waals surface area contributed by atoms with Gasteiger partial charge in [-0.15, -0.1) is 0 Å². The number of carbonyl (C=O) groups excluding carboxylic acids is 1. The Morgan fingerprint density at radius 2 is 1.93 bits per heavy atom. The molecule has 0 aromatic heterocycles. The molecule has 28 heavy (non-hydrogen) atoms. The van der Waals surface area contributed by atoms with E-state index < -0.39 is 0 Å². The smallest absolute Gasteiger partial charge is 0.256 e. The van der Waals surface area contributed by atoms with Crippen LogP contribution in [-0.4, -0.2) is 51.3 Å². The molecule has 1 saturated heterocycles. The molecule has 0 bridgehead atoms. The summed E-state index contributed by atoms with van der Waals surface area (Å²) in [5.41, 5.74) is 4.36. The number of anilines is 1. The SMILES string of the molecule is COc1ccc(OC)c(C=C2C(=O)Nc3cc(CN4CCOCC4)ccc32)c1. The molecule has 6 heteroatoms. The first-order valence-corrected chi connectivity index (χ1v) is 9.36. The molecule has 1 fully saturated rings. The molecule has 2 heterocycles. The Kier molecular flexibility index (Phi) is 5.32. The summed E-state index contributed by atoms with van der Waals surface area (Å²) in [4.78, 5) is 15.0. The van der Waals surface area contributed by atoms with Gasteiger partial charge in [0.2, 0.25) is 0 Å². The van der Waals surface area contributed by atoms with Crippen molar-refractivity contribution in [2.24, 2.45) is 0 Å². The topological polar surface area (TPSA) is 60.0 Å². The maximum Gasteiger partial charge on any atom is 0.256 e. The highest BCUT2D eigenvalue weighted by Crippen LogP contribution is 2.36. The third-order valence-electron chi connectivity index (χ3n) is 5.11. The number of rotatable bonds is 5. The Morgan fingerprint density at radius 3 is 2.68 bits per heavy atom. The number of fused-ring (bicyclic) bond motifs is 1. The second kappa shape index (κ2) is 8.04. The molecule has 0 radical (unpaired) electrons. The minimum Gasteiger partial charge on any atom is -0.497 e. The van der Waals surface area contributed by atoms with Gasteiger partial charge >= 0.3 is 0 Å². The van der Waals surface area contributed by atoms with Gasteiger partial charge in [0, 0.05) is 42.0 Å². The molecule has 1 N–H and O–H groups in total. The number of hydrogen-bond acceptors (Lipinski definition) is 5. The zero-order chi connectivity index (χ0) is 19.5. The standard InChI is InChI=1S/C22H24N2O4/c1-26-17-4-6-21(27-2)16(12-17)13-19-18-5-3-15(11-20(18)23-22(19)25)14-24-7-9-28-10-8-24/h3-6,11-13H,7-10,14H2,1-2H3,(H,23,25). The maximum absolute atomic E-state index is 12.6. The van der Waals surface area contributed by atoms with Crippen molar-refractivity contribution in [3.05, 3.63) is 53.1 Å². The van der Waals surface area contributed by atoms with Gasteiger partial charge in [-0.2, -0.15) is 0 Å². The molecule has 6 nitrogen and oxygen atoms in total. The van der Waals surface area contributed by atoms with Crippen LogP contribution in [0.5, 0.6) is 11.5 Å². The summed E-state index contributed by atoms with van der Waals surface area (Å²) in [6.45, 7) is 4.28.